The van der Waals surface area contributed by atoms with Gasteiger partial charge in [-0.2, -0.15) is 0 Å². The van der Waals surface area contributed by atoms with E-state index in [0.29, 0.717) is 102 Å². The molecule has 1 fully saturated rings. The number of hydroxylamine groups is 2. The average Bonchev–Trinajstić information content (AvgIpc) is 3.59. The van der Waals surface area contributed by atoms with E-state index in [1.165, 1.54) is 0 Å². The van der Waals surface area contributed by atoms with Crippen molar-refractivity contribution in [2.75, 3.05) is 113 Å². The molecular weight excluding hydrogens is 654 g/mol. The van der Waals surface area contributed by atoms with Crippen LogP contribution >= 0.6 is 0 Å². The number of nitrogens with zero attached hydrogens (tertiary/aromatic N) is 2. The summed E-state index contributed by atoms with van der Waals surface area (Å²) in [6.45, 7) is 6.64. The van der Waals surface area contributed by atoms with Crippen LogP contribution in [0.2, 0.25) is 0 Å². The topological polar surface area (TPSA) is 204 Å². The molecule has 1 N–H and O–H groups in total. The number of rotatable bonds is 31. The Morgan fingerprint density at radius 1 is 0.653 bits per heavy atom. The molecule has 0 bridgehead atoms. The number of carbonyl (C=O) groups is 6. The van der Waals surface area contributed by atoms with E-state index in [-0.39, 0.29) is 51.2 Å². The van der Waals surface area contributed by atoms with Crippen molar-refractivity contribution in [2.45, 2.75) is 38.1 Å². The van der Waals surface area contributed by atoms with Gasteiger partial charge >= 0.3 is 5.97 Å². The number of hydrogen-bond donors (Lipinski definition) is 1. The fourth-order valence-corrected chi connectivity index (χ4v) is 4.22. The Kier molecular flexibility index (Phi) is 22.6. The zero-order valence-electron chi connectivity index (χ0n) is 28.1. The van der Waals surface area contributed by atoms with Gasteiger partial charge in [0.1, 0.15) is 6.04 Å². The number of ether oxygens (including phenoxy) is 8. The molecule has 0 aliphatic carbocycles. The molecule has 0 aromatic heterocycles. The molecule has 2 aliphatic rings. The van der Waals surface area contributed by atoms with E-state index < -0.39 is 35.6 Å². The minimum atomic E-state index is -1.37. The van der Waals surface area contributed by atoms with Gasteiger partial charge in [0.2, 0.25) is 5.91 Å². The third-order valence-corrected chi connectivity index (χ3v) is 6.73. The predicted molar refractivity (Wildman–Crippen MR) is 166 cm³/mol. The Labute approximate surface area is 285 Å². The summed E-state index contributed by atoms with van der Waals surface area (Å²) in [4.78, 5) is 78.4. The van der Waals surface area contributed by atoms with Crippen LogP contribution in [0.4, 0.5) is 0 Å². The van der Waals surface area contributed by atoms with Gasteiger partial charge in [0.05, 0.1) is 99.1 Å². The van der Waals surface area contributed by atoms with Crippen molar-refractivity contribution >= 4 is 35.5 Å². The number of carbonyl (C=O) groups excluding carboxylic acids is 6. The molecule has 0 radical (unpaired) electrons. The number of hydrogen-bond acceptors (Lipinski definition) is 15. The summed E-state index contributed by atoms with van der Waals surface area (Å²) in [5, 5.41) is 3.03. The summed E-state index contributed by atoms with van der Waals surface area (Å²) in [5.41, 5.74) is 0. The molecule has 0 spiro atoms. The maximum atomic E-state index is 12.7. The zero-order valence-corrected chi connectivity index (χ0v) is 28.1. The molecule has 0 saturated carbocycles. The van der Waals surface area contributed by atoms with Crippen molar-refractivity contribution < 1.29 is 71.5 Å². The number of amides is 5. The van der Waals surface area contributed by atoms with Crippen LogP contribution < -0.4 is 5.32 Å². The highest BCUT2D eigenvalue weighted by Crippen LogP contribution is 2.19. The van der Waals surface area contributed by atoms with E-state index in [0.717, 1.165) is 12.2 Å². The first kappa shape index (κ1) is 41.8. The normalized spacial score (nSPS) is 15.1. The van der Waals surface area contributed by atoms with Crippen molar-refractivity contribution in [3.8, 4) is 0 Å². The summed E-state index contributed by atoms with van der Waals surface area (Å²) in [6, 6.07) is -1.37. The second-order valence-corrected chi connectivity index (χ2v) is 10.4. The minimum Gasteiger partial charge on any atom is -0.382 e. The minimum absolute atomic E-state index is 0.0573. The lowest BCUT2D eigenvalue weighted by Crippen LogP contribution is -2.48. The van der Waals surface area contributed by atoms with Gasteiger partial charge in [-0.05, 0) is 12.8 Å². The smallest absolute Gasteiger partial charge is 0.355 e. The molecule has 2 rings (SSSR count). The van der Waals surface area contributed by atoms with Crippen LogP contribution in [-0.4, -0.2) is 164 Å². The van der Waals surface area contributed by atoms with E-state index in [2.05, 4.69) is 5.32 Å². The Hall–Kier alpha value is -3.36. The van der Waals surface area contributed by atoms with E-state index in [1.54, 1.807) is 7.11 Å². The first-order valence-corrected chi connectivity index (χ1v) is 16.3. The van der Waals surface area contributed by atoms with Crippen molar-refractivity contribution in [1.82, 2.24) is 15.3 Å². The van der Waals surface area contributed by atoms with Crippen molar-refractivity contribution in [3.05, 3.63) is 12.2 Å². The van der Waals surface area contributed by atoms with Gasteiger partial charge in [0.25, 0.3) is 23.6 Å². The number of nitrogens with one attached hydrogen (secondary N) is 1. The van der Waals surface area contributed by atoms with Crippen molar-refractivity contribution in [2.24, 2.45) is 0 Å². The number of methoxy groups -OCH3 is 1. The zero-order chi connectivity index (χ0) is 35.5. The summed E-state index contributed by atoms with van der Waals surface area (Å²) in [5.74, 6) is -4.20. The van der Waals surface area contributed by atoms with Crippen LogP contribution in [0.25, 0.3) is 0 Å². The molecule has 1 atom stereocenters. The molecule has 0 aromatic carbocycles. The molecule has 18 heteroatoms. The van der Waals surface area contributed by atoms with Crippen LogP contribution in [-0.2, 0) is 71.5 Å². The SMILES string of the molecule is COCCOCCOCCOCCOCCOCCOCCOCCC(=O)NCCC[C@H](C(=O)ON1C(=O)CCC1=O)N1C(=O)C=CC1=O. The van der Waals surface area contributed by atoms with E-state index >= 15 is 0 Å². The van der Waals surface area contributed by atoms with E-state index in [4.69, 9.17) is 42.7 Å². The van der Waals surface area contributed by atoms with Gasteiger partial charge < -0.3 is 48.0 Å². The lowest BCUT2D eigenvalue weighted by molar-refractivity contribution is -0.201. The van der Waals surface area contributed by atoms with E-state index in [9.17, 15) is 28.8 Å². The molecule has 5 amide bonds. The highest BCUT2D eigenvalue weighted by molar-refractivity contribution is 6.15. The first-order valence-electron chi connectivity index (χ1n) is 16.3. The van der Waals surface area contributed by atoms with Crippen LogP contribution in [0.1, 0.15) is 32.1 Å². The van der Waals surface area contributed by atoms with Gasteiger partial charge in [-0.1, -0.05) is 0 Å². The highest BCUT2D eigenvalue weighted by atomic mass is 16.7. The Morgan fingerprint density at radius 3 is 1.49 bits per heavy atom. The third-order valence-electron chi connectivity index (χ3n) is 6.73. The van der Waals surface area contributed by atoms with Crippen LogP contribution in [0.15, 0.2) is 12.2 Å². The van der Waals surface area contributed by atoms with Crippen LogP contribution in [0, 0.1) is 0 Å². The molecule has 0 aromatic rings. The second-order valence-electron chi connectivity index (χ2n) is 10.4. The van der Waals surface area contributed by atoms with E-state index in [1.807, 2.05) is 0 Å². The van der Waals surface area contributed by atoms with Gasteiger partial charge in [-0.15, -0.1) is 5.06 Å². The van der Waals surface area contributed by atoms with Crippen LogP contribution in [0.5, 0.6) is 0 Å². The van der Waals surface area contributed by atoms with Gasteiger partial charge in [-0.25, -0.2) is 4.79 Å². The summed E-state index contributed by atoms with van der Waals surface area (Å²) in [6.07, 6.45) is 2.05. The second kappa shape index (κ2) is 26.5. The van der Waals surface area contributed by atoms with Gasteiger partial charge in [-0.3, -0.25) is 28.9 Å². The van der Waals surface area contributed by atoms with Gasteiger partial charge in [0.15, 0.2) is 0 Å². The predicted octanol–water partition coefficient (Wildman–Crippen LogP) is -1.06. The van der Waals surface area contributed by atoms with Crippen molar-refractivity contribution in [3.63, 3.8) is 0 Å². The molecular formula is C31H49N3O15. The quantitative estimate of drug-likeness (QED) is 0.0675. The maximum Gasteiger partial charge on any atom is 0.355 e. The lowest BCUT2D eigenvalue weighted by Gasteiger charge is -2.25. The molecule has 2 heterocycles. The summed E-state index contributed by atoms with van der Waals surface area (Å²) >= 11 is 0. The Balaban J connectivity index is 1.39. The number of imide groups is 2. The van der Waals surface area contributed by atoms with Crippen LogP contribution in [0.3, 0.4) is 0 Å². The molecule has 2 aliphatic heterocycles. The van der Waals surface area contributed by atoms with Crippen molar-refractivity contribution in [1.29, 1.82) is 0 Å². The monoisotopic (exact) mass is 703 g/mol. The fraction of sp³-hybridized carbons (Fsp3) is 0.742. The van der Waals surface area contributed by atoms with Gasteiger partial charge in [0, 0.05) is 45.1 Å². The maximum absolute atomic E-state index is 12.7. The first-order chi connectivity index (χ1) is 23.8. The molecule has 0 unspecified atom stereocenters. The Morgan fingerprint density at radius 2 is 1.06 bits per heavy atom. The summed E-state index contributed by atoms with van der Waals surface area (Å²) in [7, 11) is 1.62. The lowest BCUT2D eigenvalue weighted by atomic mass is 10.1. The molecule has 278 valence electrons. The summed E-state index contributed by atoms with van der Waals surface area (Å²) < 4.78 is 42.6. The standard InChI is InChI=1S/C31H49N3O15/c1-41-11-12-43-15-16-45-19-20-47-23-24-48-22-21-46-18-17-44-14-13-42-10-8-26(35)32-9-2-3-25(33-27(36)4-5-28(33)37)31(40)49-34-29(38)6-7-30(34)39/h4-5,25H,2-3,6-24H2,1H3,(H,32,35)/t25-/m1/s1. The highest BCUT2D eigenvalue weighted by Gasteiger charge is 2.40. The largest absolute Gasteiger partial charge is 0.382 e. The average molecular weight is 704 g/mol. The fourth-order valence-electron chi connectivity index (χ4n) is 4.22. The molecule has 18 nitrogen and oxygen atoms in total. The Bertz CT molecular complexity index is 1020. The molecule has 1 saturated heterocycles. The molecule has 49 heavy (non-hydrogen) atoms. The third kappa shape index (κ3) is 18.3.